The highest BCUT2D eigenvalue weighted by Gasteiger charge is 2.27. The normalized spacial score (nSPS) is 11.3. The number of methoxy groups -OCH3 is 3. The van der Waals surface area contributed by atoms with Crippen LogP contribution in [-0.2, 0) is 9.53 Å². The summed E-state index contributed by atoms with van der Waals surface area (Å²) in [6.45, 7) is 1.61. The van der Waals surface area contributed by atoms with Gasteiger partial charge in [0.25, 0.3) is 0 Å². The number of hydrogen-bond donors (Lipinski definition) is 1. The smallest absolute Gasteiger partial charge is 0.340 e. The zero-order valence-corrected chi connectivity index (χ0v) is 16.2. The molecule has 0 fully saturated rings. The van der Waals surface area contributed by atoms with Crippen molar-refractivity contribution in [2.45, 2.75) is 6.92 Å². The van der Waals surface area contributed by atoms with E-state index in [1.165, 1.54) is 40.5 Å². The standard InChI is InChI=1S/C18H21N4O6/c1-11(21(2)25)12-7-6-8-13(16(12)17(24)28-5)22(10-23)18-19-14(26-3)9-15(20-18)27-4/h6-10,25H,1-5H3/q+1. The molecule has 1 amide bonds. The van der Waals surface area contributed by atoms with E-state index in [0.717, 1.165) is 9.64 Å². The summed E-state index contributed by atoms with van der Waals surface area (Å²) in [4.78, 5) is 33.8. The number of benzene rings is 1. The lowest BCUT2D eigenvalue weighted by Gasteiger charge is -2.20. The summed E-state index contributed by atoms with van der Waals surface area (Å²) in [7, 11) is 5.45. The molecule has 10 nitrogen and oxygen atoms in total. The minimum absolute atomic E-state index is 0.0564. The van der Waals surface area contributed by atoms with Gasteiger partial charge in [-0.1, -0.05) is 6.07 Å². The summed E-state index contributed by atoms with van der Waals surface area (Å²) in [5.74, 6) is -0.429. The number of anilines is 2. The molecule has 0 aliphatic heterocycles. The van der Waals surface area contributed by atoms with Gasteiger partial charge in [0.2, 0.25) is 29.8 Å². The molecule has 0 aliphatic rings. The molecule has 0 atom stereocenters. The van der Waals surface area contributed by atoms with Gasteiger partial charge in [0.1, 0.15) is 0 Å². The number of rotatable bonds is 7. The van der Waals surface area contributed by atoms with Crippen molar-refractivity contribution in [3.63, 3.8) is 0 Å². The Hall–Kier alpha value is -3.69. The third-order valence-electron chi connectivity index (χ3n) is 3.97. The molecule has 10 heteroatoms. The van der Waals surface area contributed by atoms with Crippen molar-refractivity contribution in [1.29, 1.82) is 0 Å². The van der Waals surface area contributed by atoms with E-state index in [9.17, 15) is 14.8 Å². The summed E-state index contributed by atoms with van der Waals surface area (Å²) in [5, 5.41) is 9.80. The minimum Gasteiger partial charge on any atom is -0.481 e. The molecule has 0 spiro atoms. The van der Waals surface area contributed by atoms with Crippen LogP contribution in [0.2, 0.25) is 0 Å². The second kappa shape index (κ2) is 8.80. The number of ether oxygens (including phenoxy) is 3. The van der Waals surface area contributed by atoms with Crippen LogP contribution in [-0.4, -0.2) is 66.4 Å². The van der Waals surface area contributed by atoms with E-state index in [0.29, 0.717) is 17.7 Å². The maximum absolute atomic E-state index is 12.5. The molecule has 0 saturated carbocycles. The Labute approximate surface area is 161 Å². The molecule has 0 aliphatic carbocycles. The molecule has 28 heavy (non-hydrogen) atoms. The summed E-state index contributed by atoms with van der Waals surface area (Å²) in [6.07, 6.45) is 0.456. The van der Waals surface area contributed by atoms with Gasteiger partial charge in [-0.25, -0.2) is 4.79 Å². The van der Waals surface area contributed by atoms with Gasteiger partial charge in [-0.05, 0) is 16.9 Å². The second-order valence-corrected chi connectivity index (χ2v) is 5.53. The molecule has 1 N–H and O–H groups in total. The lowest BCUT2D eigenvalue weighted by Crippen LogP contribution is -2.24. The van der Waals surface area contributed by atoms with Crippen molar-refractivity contribution >= 4 is 29.7 Å². The van der Waals surface area contributed by atoms with E-state index in [1.807, 2.05) is 0 Å². The highest BCUT2D eigenvalue weighted by atomic mass is 16.5. The average molecular weight is 389 g/mol. The number of amides is 1. The maximum Gasteiger partial charge on any atom is 0.340 e. The first-order valence-corrected chi connectivity index (χ1v) is 8.07. The molecule has 148 valence electrons. The van der Waals surface area contributed by atoms with Gasteiger partial charge >= 0.3 is 5.97 Å². The van der Waals surface area contributed by atoms with Crippen molar-refractivity contribution in [3.8, 4) is 11.8 Å². The van der Waals surface area contributed by atoms with Crippen molar-refractivity contribution in [1.82, 2.24) is 9.97 Å². The number of hydroxylamine groups is 1. The van der Waals surface area contributed by atoms with Gasteiger partial charge in [0.15, 0.2) is 7.05 Å². The first-order valence-electron chi connectivity index (χ1n) is 8.07. The van der Waals surface area contributed by atoms with Crippen LogP contribution in [0.4, 0.5) is 11.6 Å². The first-order chi connectivity index (χ1) is 13.4. The second-order valence-electron chi connectivity index (χ2n) is 5.53. The topological polar surface area (TPSA) is 114 Å². The van der Waals surface area contributed by atoms with Crippen LogP contribution in [0.15, 0.2) is 24.3 Å². The molecule has 0 radical (unpaired) electrons. The van der Waals surface area contributed by atoms with Gasteiger partial charge in [0.05, 0.1) is 44.2 Å². The van der Waals surface area contributed by atoms with E-state index in [4.69, 9.17) is 14.2 Å². The van der Waals surface area contributed by atoms with E-state index >= 15 is 0 Å². The van der Waals surface area contributed by atoms with Crippen molar-refractivity contribution in [2.24, 2.45) is 0 Å². The number of carbonyl (C=O) groups is 2. The lowest BCUT2D eigenvalue weighted by molar-refractivity contribution is -0.754. The van der Waals surface area contributed by atoms with Crippen LogP contribution in [0.1, 0.15) is 22.8 Å². The van der Waals surface area contributed by atoms with Crippen LogP contribution in [0.3, 0.4) is 0 Å². The van der Waals surface area contributed by atoms with Gasteiger partial charge in [0, 0.05) is 6.92 Å². The van der Waals surface area contributed by atoms with Crippen molar-refractivity contribution in [3.05, 3.63) is 35.4 Å². The molecule has 1 heterocycles. The number of aromatic nitrogens is 2. The lowest BCUT2D eigenvalue weighted by atomic mass is 10.0. The first kappa shape index (κ1) is 20.6. The maximum atomic E-state index is 12.5. The Morgan fingerprint density at radius 1 is 1.18 bits per heavy atom. The molecule has 0 saturated heterocycles. The third-order valence-corrected chi connectivity index (χ3v) is 3.97. The third kappa shape index (κ3) is 4.00. The van der Waals surface area contributed by atoms with Crippen LogP contribution in [0.5, 0.6) is 11.8 Å². The van der Waals surface area contributed by atoms with Crippen LogP contribution in [0, 0.1) is 0 Å². The SMILES string of the molecule is COC(=O)c1c(C(C)=[N+](C)O)cccc1N(C=O)c1nc(OC)cc(OC)n1. The predicted octanol–water partition coefficient (Wildman–Crippen LogP) is 1.42. The van der Waals surface area contributed by atoms with E-state index < -0.39 is 5.97 Å². The Morgan fingerprint density at radius 2 is 1.79 bits per heavy atom. The van der Waals surface area contributed by atoms with E-state index in [2.05, 4.69) is 9.97 Å². The number of hydrogen-bond acceptors (Lipinski definition) is 8. The fourth-order valence-electron chi connectivity index (χ4n) is 2.45. The molecule has 2 aromatic rings. The zero-order valence-electron chi connectivity index (χ0n) is 16.2. The quantitative estimate of drug-likeness (QED) is 0.189. The molecule has 2 rings (SSSR count). The fourth-order valence-corrected chi connectivity index (χ4v) is 2.45. The predicted molar refractivity (Wildman–Crippen MR) is 98.9 cm³/mol. The molecular weight excluding hydrogens is 368 g/mol. The highest BCUT2D eigenvalue weighted by Crippen LogP contribution is 2.30. The number of carbonyl (C=O) groups excluding carboxylic acids is 2. The summed E-state index contributed by atoms with van der Waals surface area (Å²) in [6, 6.07) is 6.22. The Bertz CT molecular complexity index is 902. The van der Waals surface area contributed by atoms with E-state index in [1.54, 1.807) is 19.1 Å². The van der Waals surface area contributed by atoms with Crippen LogP contribution < -0.4 is 14.4 Å². The van der Waals surface area contributed by atoms with Crippen LogP contribution in [0.25, 0.3) is 0 Å². The Balaban J connectivity index is 2.78. The van der Waals surface area contributed by atoms with Crippen molar-refractivity contribution < 1.29 is 33.7 Å². The number of esters is 1. The zero-order chi connectivity index (χ0) is 20.8. The average Bonchev–Trinajstić information content (AvgIpc) is 2.72. The molecule has 1 aromatic carbocycles. The molecular formula is C18H21N4O6+. The van der Waals surface area contributed by atoms with Gasteiger partial charge in [-0.3, -0.25) is 14.9 Å². The summed E-state index contributed by atoms with van der Waals surface area (Å²) in [5.41, 5.74) is 0.963. The summed E-state index contributed by atoms with van der Waals surface area (Å²) < 4.78 is 16.0. The summed E-state index contributed by atoms with van der Waals surface area (Å²) >= 11 is 0. The minimum atomic E-state index is -0.700. The monoisotopic (exact) mass is 389 g/mol. The molecule has 0 bridgehead atoms. The van der Waals surface area contributed by atoms with E-state index in [-0.39, 0.29) is 29.0 Å². The fraction of sp³-hybridized carbons (Fsp3) is 0.278. The number of nitrogens with zero attached hydrogens (tertiary/aromatic N) is 4. The molecule has 1 aromatic heterocycles. The Morgan fingerprint density at radius 3 is 2.25 bits per heavy atom. The molecule has 0 unspecified atom stereocenters. The van der Waals surface area contributed by atoms with Gasteiger partial charge < -0.3 is 14.2 Å². The van der Waals surface area contributed by atoms with Gasteiger partial charge in [-0.15, -0.1) is 0 Å². The largest absolute Gasteiger partial charge is 0.481 e. The van der Waals surface area contributed by atoms with Crippen molar-refractivity contribution in [2.75, 3.05) is 33.3 Å². The van der Waals surface area contributed by atoms with Crippen LogP contribution >= 0.6 is 0 Å². The van der Waals surface area contributed by atoms with Gasteiger partial charge in [-0.2, -0.15) is 9.97 Å². The Kier molecular flexibility index (Phi) is 6.48. The highest BCUT2D eigenvalue weighted by molar-refractivity contribution is 6.10.